The van der Waals surface area contributed by atoms with E-state index in [1.54, 1.807) is 4.90 Å². The monoisotopic (exact) mass is 282 g/mol. The van der Waals surface area contributed by atoms with E-state index in [9.17, 15) is 4.79 Å². The lowest BCUT2D eigenvalue weighted by Crippen LogP contribution is -2.51. The van der Waals surface area contributed by atoms with Crippen molar-refractivity contribution in [3.8, 4) is 0 Å². The Balaban J connectivity index is 1.76. The van der Waals surface area contributed by atoms with Crippen LogP contribution in [0.4, 0.5) is 4.79 Å². The van der Waals surface area contributed by atoms with Gasteiger partial charge in [0.1, 0.15) is 0 Å². The van der Waals surface area contributed by atoms with E-state index in [4.69, 9.17) is 5.73 Å². The van der Waals surface area contributed by atoms with Crippen LogP contribution >= 0.6 is 0 Å². The van der Waals surface area contributed by atoms with Gasteiger partial charge in [-0.05, 0) is 51.6 Å². The van der Waals surface area contributed by atoms with Gasteiger partial charge in [0.2, 0.25) is 0 Å². The van der Waals surface area contributed by atoms with Crippen LogP contribution in [0.15, 0.2) is 0 Å². The average Bonchev–Trinajstić information content (AvgIpc) is 2.46. The molecule has 2 amide bonds. The fourth-order valence-corrected chi connectivity index (χ4v) is 3.52. The van der Waals surface area contributed by atoms with E-state index in [0.29, 0.717) is 18.0 Å². The first-order chi connectivity index (χ1) is 9.49. The summed E-state index contributed by atoms with van der Waals surface area (Å²) < 4.78 is 0. The number of piperidine rings is 2. The molecular formula is C15H30N4O. The second kappa shape index (κ2) is 6.76. The summed E-state index contributed by atoms with van der Waals surface area (Å²) >= 11 is 0. The molecule has 116 valence electrons. The van der Waals surface area contributed by atoms with E-state index < -0.39 is 0 Å². The van der Waals surface area contributed by atoms with E-state index in [2.05, 4.69) is 11.8 Å². The first-order valence-corrected chi connectivity index (χ1v) is 7.95. The number of urea groups is 1. The maximum Gasteiger partial charge on any atom is 0.319 e. The van der Waals surface area contributed by atoms with Crippen LogP contribution in [-0.2, 0) is 0 Å². The van der Waals surface area contributed by atoms with E-state index in [0.717, 1.165) is 25.9 Å². The van der Waals surface area contributed by atoms with Gasteiger partial charge in [-0.15, -0.1) is 0 Å². The summed E-state index contributed by atoms with van der Waals surface area (Å²) in [4.78, 5) is 18.2. The van der Waals surface area contributed by atoms with E-state index >= 15 is 0 Å². The van der Waals surface area contributed by atoms with Gasteiger partial charge in [-0.1, -0.05) is 0 Å². The summed E-state index contributed by atoms with van der Waals surface area (Å²) in [5, 5.41) is 0. The molecule has 2 N–H and O–H groups in total. The SMILES string of the molecule is CC(N)C1CCN(C2CCN(C(=O)N(C)C)CC2)CC1. The number of amides is 2. The largest absolute Gasteiger partial charge is 0.331 e. The molecule has 0 spiro atoms. The number of carbonyl (C=O) groups is 1. The number of hydrogen-bond donors (Lipinski definition) is 1. The van der Waals surface area contributed by atoms with Crippen molar-refractivity contribution < 1.29 is 4.79 Å². The first-order valence-electron chi connectivity index (χ1n) is 7.95. The highest BCUT2D eigenvalue weighted by atomic mass is 16.2. The highest BCUT2D eigenvalue weighted by Gasteiger charge is 2.30. The molecule has 2 rings (SSSR count). The van der Waals surface area contributed by atoms with Crippen LogP contribution in [0.2, 0.25) is 0 Å². The molecule has 0 saturated carbocycles. The Kier molecular flexibility index (Phi) is 5.27. The van der Waals surface area contributed by atoms with Crippen LogP contribution in [0.5, 0.6) is 0 Å². The quantitative estimate of drug-likeness (QED) is 0.828. The zero-order valence-electron chi connectivity index (χ0n) is 13.2. The third-order valence-electron chi connectivity index (χ3n) is 4.95. The third-order valence-corrected chi connectivity index (χ3v) is 4.95. The smallest absolute Gasteiger partial charge is 0.319 e. The molecule has 0 aromatic heterocycles. The summed E-state index contributed by atoms with van der Waals surface area (Å²) in [6.07, 6.45) is 4.69. The maximum absolute atomic E-state index is 11.9. The average molecular weight is 282 g/mol. The highest BCUT2D eigenvalue weighted by Crippen LogP contribution is 2.25. The van der Waals surface area contributed by atoms with Gasteiger partial charge in [0, 0.05) is 39.3 Å². The molecule has 5 nitrogen and oxygen atoms in total. The molecule has 5 heteroatoms. The Hall–Kier alpha value is -0.810. The third kappa shape index (κ3) is 3.64. The standard InChI is InChI=1S/C15H30N4O/c1-12(16)13-4-8-18(9-5-13)14-6-10-19(11-7-14)15(20)17(2)3/h12-14H,4-11,16H2,1-3H3. The highest BCUT2D eigenvalue weighted by molar-refractivity contribution is 5.73. The molecule has 2 aliphatic heterocycles. The van der Waals surface area contributed by atoms with Gasteiger partial charge < -0.3 is 20.4 Å². The predicted molar refractivity (Wildman–Crippen MR) is 81.6 cm³/mol. The van der Waals surface area contributed by atoms with E-state index in [1.807, 2.05) is 19.0 Å². The number of rotatable bonds is 2. The van der Waals surface area contributed by atoms with Crippen molar-refractivity contribution in [3.05, 3.63) is 0 Å². The maximum atomic E-state index is 11.9. The molecule has 2 aliphatic rings. The van der Waals surface area contributed by atoms with Crippen LogP contribution in [0.1, 0.15) is 32.6 Å². The van der Waals surface area contributed by atoms with Crippen molar-refractivity contribution in [2.24, 2.45) is 11.7 Å². The number of hydrogen-bond acceptors (Lipinski definition) is 3. The molecule has 2 fully saturated rings. The first kappa shape index (κ1) is 15.6. The number of carbonyl (C=O) groups excluding carboxylic acids is 1. The Morgan fingerprint density at radius 3 is 2.10 bits per heavy atom. The fourth-order valence-electron chi connectivity index (χ4n) is 3.52. The summed E-state index contributed by atoms with van der Waals surface area (Å²) in [7, 11) is 3.65. The van der Waals surface area contributed by atoms with Crippen LogP contribution < -0.4 is 5.73 Å². The topological polar surface area (TPSA) is 52.8 Å². The van der Waals surface area contributed by atoms with Crippen molar-refractivity contribution in [3.63, 3.8) is 0 Å². The number of likely N-dealkylation sites (tertiary alicyclic amines) is 2. The lowest BCUT2D eigenvalue weighted by Gasteiger charge is -2.42. The molecular weight excluding hydrogens is 252 g/mol. The minimum absolute atomic E-state index is 0.152. The number of nitrogens with zero attached hydrogens (tertiary/aromatic N) is 3. The normalized spacial score (nSPS) is 24.7. The summed E-state index contributed by atoms with van der Waals surface area (Å²) in [5.41, 5.74) is 6.00. The van der Waals surface area contributed by atoms with E-state index in [-0.39, 0.29) is 6.03 Å². The molecule has 0 aliphatic carbocycles. The molecule has 1 unspecified atom stereocenters. The van der Waals surface area contributed by atoms with Crippen molar-refractivity contribution in [1.29, 1.82) is 0 Å². The molecule has 20 heavy (non-hydrogen) atoms. The summed E-state index contributed by atoms with van der Waals surface area (Å²) in [6.45, 7) is 6.28. The zero-order valence-corrected chi connectivity index (χ0v) is 13.2. The molecule has 0 radical (unpaired) electrons. The zero-order chi connectivity index (χ0) is 14.7. The number of nitrogens with two attached hydrogens (primary N) is 1. The second-order valence-electron chi connectivity index (χ2n) is 6.63. The van der Waals surface area contributed by atoms with Crippen LogP contribution in [0, 0.1) is 5.92 Å². The Morgan fingerprint density at radius 2 is 1.65 bits per heavy atom. The van der Waals surface area contributed by atoms with Crippen LogP contribution in [-0.4, -0.2) is 73.1 Å². The van der Waals surface area contributed by atoms with Crippen molar-refractivity contribution in [2.75, 3.05) is 40.3 Å². The van der Waals surface area contributed by atoms with Gasteiger partial charge in [-0.2, -0.15) is 0 Å². The fraction of sp³-hybridized carbons (Fsp3) is 0.933. The minimum Gasteiger partial charge on any atom is -0.331 e. The van der Waals surface area contributed by atoms with Crippen molar-refractivity contribution in [2.45, 2.75) is 44.7 Å². The summed E-state index contributed by atoms with van der Waals surface area (Å²) in [6, 6.07) is 1.14. The lowest BCUT2D eigenvalue weighted by molar-refractivity contribution is 0.0772. The van der Waals surface area contributed by atoms with Crippen LogP contribution in [0.25, 0.3) is 0 Å². The van der Waals surface area contributed by atoms with Gasteiger partial charge in [0.25, 0.3) is 0 Å². The van der Waals surface area contributed by atoms with Gasteiger partial charge in [-0.3, -0.25) is 0 Å². The summed E-state index contributed by atoms with van der Waals surface area (Å²) in [5.74, 6) is 0.696. The molecule has 2 saturated heterocycles. The molecule has 2 heterocycles. The van der Waals surface area contributed by atoms with E-state index in [1.165, 1.54) is 25.9 Å². The van der Waals surface area contributed by atoms with Crippen molar-refractivity contribution in [1.82, 2.24) is 14.7 Å². The predicted octanol–water partition coefficient (Wildman–Crippen LogP) is 1.19. The van der Waals surface area contributed by atoms with Crippen molar-refractivity contribution >= 4 is 6.03 Å². The Labute approximate surface area is 123 Å². The molecule has 0 bridgehead atoms. The lowest BCUT2D eigenvalue weighted by atomic mass is 9.89. The van der Waals surface area contributed by atoms with Crippen LogP contribution in [0.3, 0.4) is 0 Å². The Bertz CT molecular complexity index is 316. The second-order valence-corrected chi connectivity index (χ2v) is 6.63. The minimum atomic E-state index is 0.152. The Morgan fingerprint density at radius 1 is 1.10 bits per heavy atom. The molecule has 1 atom stereocenters. The van der Waals surface area contributed by atoms with Gasteiger partial charge in [0.05, 0.1) is 0 Å². The molecule has 0 aromatic carbocycles. The molecule has 0 aromatic rings. The van der Waals surface area contributed by atoms with Gasteiger partial charge in [-0.25, -0.2) is 4.79 Å². The van der Waals surface area contributed by atoms with Gasteiger partial charge >= 0.3 is 6.03 Å². The van der Waals surface area contributed by atoms with Gasteiger partial charge in [0.15, 0.2) is 0 Å².